The van der Waals surface area contributed by atoms with Gasteiger partial charge in [-0.1, -0.05) is 48.6 Å². The number of rotatable bonds is 4. The molecule has 0 aliphatic carbocycles. The number of nitrogens with one attached hydrogen (secondary N) is 1. The van der Waals surface area contributed by atoms with Crippen LogP contribution in [0.15, 0.2) is 54.7 Å². The van der Waals surface area contributed by atoms with Crippen molar-refractivity contribution in [3.8, 4) is 0 Å². The molecule has 2 rings (SSSR count). The number of nitrogens with two attached hydrogens (primary N) is 1. The van der Waals surface area contributed by atoms with Crippen LogP contribution in [-0.2, 0) is 0 Å². The average molecular weight is 271 g/mol. The van der Waals surface area contributed by atoms with Crippen molar-refractivity contribution >= 4 is 23.1 Å². The van der Waals surface area contributed by atoms with Crippen molar-refractivity contribution < 1.29 is 4.79 Å². The van der Waals surface area contributed by atoms with Crippen molar-refractivity contribution in [1.82, 2.24) is 10.3 Å². The summed E-state index contributed by atoms with van der Waals surface area (Å²) in [7, 11) is 0. The number of carbonyl (C=O) groups excluding carboxylic acids is 1. The first-order chi connectivity index (χ1) is 9.18. The minimum Gasteiger partial charge on any atom is -0.391 e. The molecule has 1 heterocycles. The van der Waals surface area contributed by atoms with Gasteiger partial charge >= 0.3 is 0 Å². The highest BCUT2D eigenvalue weighted by atomic mass is 32.1. The van der Waals surface area contributed by atoms with Crippen LogP contribution in [0.5, 0.6) is 0 Å². The smallest absolute Gasteiger partial charge is 0.270 e. The van der Waals surface area contributed by atoms with Crippen LogP contribution in [0.25, 0.3) is 0 Å². The van der Waals surface area contributed by atoms with E-state index in [1.54, 1.807) is 24.4 Å². The molecule has 3 N–H and O–H groups in total. The van der Waals surface area contributed by atoms with E-state index >= 15 is 0 Å². The molecular formula is C14H13N3OS. The molecule has 0 bridgehead atoms. The van der Waals surface area contributed by atoms with Gasteiger partial charge in [-0.25, -0.2) is 0 Å². The first-order valence-corrected chi connectivity index (χ1v) is 6.15. The zero-order valence-electron chi connectivity index (χ0n) is 10.1. The van der Waals surface area contributed by atoms with Gasteiger partial charge in [0, 0.05) is 6.20 Å². The Bertz CT molecular complexity index is 572. The summed E-state index contributed by atoms with van der Waals surface area (Å²) in [5.41, 5.74) is 6.87. The molecule has 1 aromatic carbocycles. The van der Waals surface area contributed by atoms with Gasteiger partial charge in [-0.2, -0.15) is 0 Å². The van der Waals surface area contributed by atoms with E-state index < -0.39 is 6.04 Å². The third-order valence-electron chi connectivity index (χ3n) is 2.59. The summed E-state index contributed by atoms with van der Waals surface area (Å²) in [6, 6.07) is 14.0. The SMILES string of the molecule is NC(=S)C(NC(=O)c1ccccn1)c1ccccc1. The molecule has 5 heteroatoms. The van der Waals surface area contributed by atoms with E-state index in [0.717, 1.165) is 5.56 Å². The largest absolute Gasteiger partial charge is 0.391 e. The van der Waals surface area contributed by atoms with E-state index in [9.17, 15) is 4.79 Å². The number of aromatic nitrogens is 1. The Morgan fingerprint density at radius 2 is 1.84 bits per heavy atom. The molecule has 4 nitrogen and oxygen atoms in total. The summed E-state index contributed by atoms with van der Waals surface area (Å²) < 4.78 is 0. The monoisotopic (exact) mass is 271 g/mol. The third-order valence-corrected chi connectivity index (χ3v) is 2.83. The van der Waals surface area contributed by atoms with Crippen molar-refractivity contribution in [1.29, 1.82) is 0 Å². The van der Waals surface area contributed by atoms with Gasteiger partial charge in [0.05, 0.1) is 0 Å². The fraction of sp³-hybridized carbons (Fsp3) is 0.0714. The lowest BCUT2D eigenvalue weighted by molar-refractivity contribution is 0.0942. The highest BCUT2D eigenvalue weighted by Gasteiger charge is 2.18. The number of hydrogen-bond acceptors (Lipinski definition) is 3. The Morgan fingerprint density at radius 1 is 1.16 bits per heavy atom. The predicted octanol–water partition coefficient (Wildman–Crippen LogP) is 1.84. The first-order valence-electron chi connectivity index (χ1n) is 5.74. The maximum absolute atomic E-state index is 12.0. The van der Waals surface area contributed by atoms with E-state index in [4.69, 9.17) is 18.0 Å². The van der Waals surface area contributed by atoms with Gasteiger partial charge in [0.1, 0.15) is 16.7 Å². The minimum absolute atomic E-state index is 0.218. The Balaban J connectivity index is 2.19. The van der Waals surface area contributed by atoms with Gasteiger partial charge in [0.2, 0.25) is 0 Å². The molecule has 19 heavy (non-hydrogen) atoms. The zero-order valence-corrected chi connectivity index (χ0v) is 10.9. The fourth-order valence-electron chi connectivity index (χ4n) is 1.67. The molecular weight excluding hydrogens is 258 g/mol. The second-order valence-electron chi connectivity index (χ2n) is 3.93. The Hall–Kier alpha value is -2.27. The molecule has 0 saturated carbocycles. The summed E-state index contributed by atoms with van der Waals surface area (Å²) >= 11 is 5.01. The summed E-state index contributed by atoms with van der Waals surface area (Å²) in [6.07, 6.45) is 1.56. The molecule has 1 aromatic heterocycles. The second kappa shape index (κ2) is 6.06. The lowest BCUT2D eigenvalue weighted by atomic mass is 10.1. The number of carbonyl (C=O) groups is 1. The van der Waals surface area contributed by atoms with E-state index in [0.29, 0.717) is 5.69 Å². The molecule has 0 fully saturated rings. The fourth-order valence-corrected chi connectivity index (χ4v) is 1.86. The van der Waals surface area contributed by atoms with Crippen LogP contribution in [0.2, 0.25) is 0 Å². The standard InChI is InChI=1S/C14H13N3OS/c15-13(19)12(10-6-2-1-3-7-10)17-14(18)11-8-4-5-9-16-11/h1-9,12H,(H2,15,19)(H,17,18). The maximum Gasteiger partial charge on any atom is 0.270 e. The zero-order chi connectivity index (χ0) is 13.7. The van der Waals surface area contributed by atoms with E-state index in [-0.39, 0.29) is 10.9 Å². The van der Waals surface area contributed by atoms with Crippen LogP contribution >= 0.6 is 12.2 Å². The molecule has 2 aromatic rings. The van der Waals surface area contributed by atoms with Crippen LogP contribution in [0.3, 0.4) is 0 Å². The van der Waals surface area contributed by atoms with E-state index in [1.807, 2.05) is 30.3 Å². The topological polar surface area (TPSA) is 68.0 Å². The number of hydrogen-bond donors (Lipinski definition) is 2. The van der Waals surface area contributed by atoms with Crippen LogP contribution in [0.1, 0.15) is 22.1 Å². The molecule has 0 aliphatic heterocycles. The molecule has 96 valence electrons. The lowest BCUT2D eigenvalue weighted by Crippen LogP contribution is -2.36. The van der Waals surface area contributed by atoms with Crippen molar-refractivity contribution in [2.45, 2.75) is 6.04 Å². The van der Waals surface area contributed by atoms with Crippen molar-refractivity contribution in [3.05, 3.63) is 66.0 Å². The maximum atomic E-state index is 12.0. The van der Waals surface area contributed by atoms with E-state index in [2.05, 4.69) is 10.3 Å². The molecule has 1 unspecified atom stereocenters. The van der Waals surface area contributed by atoms with Crippen molar-refractivity contribution in [2.75, 3.05) is 0 Å². The van der Waals surface area contributed by atoms with Gasteiger partial charge in [0.15, 0.2) is 0 Å². The van der Waals surface area contributed by atoms with Gasteiger partial charge in [-0.05, 0) is 17.7 Å². The van der Waals surface area contributed by atoms with Crippen LogP contribution < -0.4 is 11.1 Å². The molecule has 0 aliphatic rings. The predicted molar refractivity (Wildman–Crippen MR) is 77.7 cm³/mol. The van der Waals surface area contributed by atoms with Gasteiger partial charge < -0.3 is 11.1 Å². The highest BCUT2D eigenvalue weighted by molar-refractivity contribution is 7.80. The number of amides is 1. The molecule has 1 atom stereocenters. The number of thiocarbonyl (C=S) groups is 1. The van der Waals surface area contributed by atoms with Gasteiger partial charge in [-0.15, -0.1) is 0 Å². The second-order valence-corrected chi connectivity index (χ2v) is 4.41. The first kappa shape index (κ1) is 13.2. The lowest BCUT2D eigenvalue weighted by Gasteiger charge is -2.17. The van der Waals surface area contributed by atoms with Crippen LogP contribution in [0, 0.1) is 0 Å². The normalized spacial score (nSPS) is 11.6. The van der Waals surface area contributed by atoms with Crippen molar-refractivity contribution in [2.24, 2.45) is 5.73 Å². The summed E-state index contributed by atoms with van der Waals surface area (Å²) in [5.74, 6) is -0.303. The van der Waals surface area contributed by atoms with Crippen LogP contribution in [0.4, 0.5) is 0 Å². The van der Waals surface area contributed by atoms with E-state index in [1.165, 1.54) is 0 Å². The molecule has 1 amide bonds. The minimum atomic E-state index is -0.495. The van der Waals surface area contributed by atoms with Gasteiger partial charge in [0.25, 0.3) is 5.91 Å². The molecule has 0 radical (unpaired) electrons. The molecule has 0 saturated heterocycles. The summed E-state index contributed by atoms with van der Waals surface area (Å²) in [5, 5.41) is 2.78. The quantitative estimate of drug-likeness (QED) is 0.833. The highest BCUT2D eigenvalue weighted by Crippen LogP contribution is 2.13. The Morgan fingerprint density at radius 3 is 2.42 bits per heavy atom. The Kier molecular flexibility index (Phi) is 4.20. The molecule has 0 spiro atoms. The Labute approximate surface area is 116 Å². The summed E-state index contributed by atoms with van der Waals surface area (Å²) in [6.45, 7) is 0. The number of pyridine rings is 1. The number of benzene rings is 1. The average Bonchev–Trinajstić information content (AvgIpc) is 2.46. The number of nitrogens with zero attached hydrogens (tertiary/aromatic N) is 1. The van der Waals surface area contributed by atoms with Crippen molar-refractivity contribution in [3.63, 3.8) is 0 Å². The van der Waals surface area contributed by atoms with Crippen LogP contribution in [-0.4, -0.2) is 15.9 Å². The third kappa shape index (κ3) is 3.35. The van der Waals surface area contributed by atoms with Gasteiger partial charge in [-0.3, -0.25) is 9.78 Å². The summed E-state index contributed by atoms with van der Waals surface area (Å²) in [4.78, 5) is 16.3.